The van der Waals surface area contributed by atoms with E-state index in [2.05, 4.69) is 19.1 Å². The van der Waals surface area contributed by atoms with Gasteiger partial charge in [0.25, 0.3) is 0 Å². The Labute approximate surface area is 144 Å². The minimum atomic E-state index is -4.36. The molecular weight excluding hydrogens is 321 g/mol. The van der Waals surface area contributed by atoms with Gasteiger partial charge in [0.2, 0.25) is 0 Å². The summed E-state index contributed by atoms with van der Waals surface area (Å²) in [5, 5.41) is 0.895. The van der Waals surface area contributed by atoms with Gasteiger partial charge in [0.1, 0.15) is 0 Å². The van der Waals surface area contributed by atoms with Crippen molar-refractivity contribution in [1.29, 1.82) is 0 Å². The smallest absolute Gasteiger partial charge is 0.166 e. The third-order valence-corrected chi connectivity index (χ3v) is 4.94. The van der Waals surface area contributed by atoms with E-state index >= 15 is 0 Å². The zero-order valence-electron chi connectivity index (χ0n) is 13.8. The van der Waals surface area contributed by atoms with Crippen molar-refractivity contribution >= 4 is 16.8 Å². The quantitative estimate of drug-likeness (QED) is 0.478. The summed E-state index contributed by atoms with van der Waals surface area (Å²) in [6, 6.07) is 15.7. The lowest BCUT2D eigenvalue weighted by molar-refractivity contribution is -0.136. The SMILES string of the molecule is CCC1=Cc2c(cccc2-c2ccc(C(F)(F)F)c3ccccc23)C1. The van der Waals surface area contributed by atoms with E-state index < -0.39 is 11.7 Å². The summed E-state index contributed by atoms with van der Waals surface area (Å²) < 4.78 is 40.1. The zero-order valence-corrected chi connectivity index (χ0v) is 13.8. The summed E-state index contributed by atoms with van der Waals surface area (Å²) in [5.74, 6) is 0. The molecule has 0 unspecified atom stereocenters. The van der Waals surface area contributed by atoms with Gasteiger partial charge in [-0.3, -0.25) is 0 Å². The number of benzene rings is 3. The highest BCUT2D eigenvalue weighted by atomic mass is 19.4. The summed E-state index contributed by atoms with van der Waals surface area (Å²) in [6.07, 6.45) is -0.247. The Bertz CT molecular complexity index is 994. The molecule has 3 aromatic rings. The Morgan fingerprint density at radius 1 is 0.840 bits per heavy atom. The topological polar surface area (TPSA) is 0 Å². The number of hydrogen-bond donors (Lipinski definition) is 0. The molecule has 1 aliphatic carbocycles. The van der Waals surface area contributed by atoms with Crippen LogP contribution in [0.2, 0.25) is 0 Å². The second-order valence-corrected chi connectivity index (χ2v) is 6.42. The molecule has 0 N–H and O–H groups in total. The molecule has 0 aromatic heterocycles. The van der Waals surface area contributed by atoms with Crippen molar-refractivity contribution in [2.75, 3.05) is 0 Å². The molecule has 0 nitrogen and oxygen atoms in total. The molecule has 1 aliphatic rings. The van der Waals surface area contributed by atoms with Crippen molar-refractivity contribution in [3.8, 4) is 11.1 Å². The monoisotopic (exact) mass is 338 g/mol. The fourth-order valence-corrected chi connectivity index (χ4v) is 3.68. The first-order valence-electron chi connectivity index (χ1n) is 8.39. The molecule has 3 heteroatoms. The first-order valence-corrected chi connectivity index (χ1v) is 8.39. The molecule has 0 spiro atoms. The van der Waals surface area contributed by atoms with Gasteiger partial charge in [0, 0.05) is 0 Å². The standard InChI is InChI=1S/C22H17F3/c1-2-14-12-15-6-5-9-17(20(15)13-14)18-10-11-21(22(23,24)25)19-8-4-3-7-16(18)19/h3-11,13H,2,12H2,1H3. The average Bonchev–Trinajstić information content (AvgIpc) is 3.03. The van der Waals surface area contributed by atoms with Gasteiger partial charge in [-0.2, -0.15) is 13.2 Å². The molecule has 0 amide bonds. The van der Waals surface area contributed by atoms with E-state index in [1.807, 2.05) is 12.1 Å². The zero-order chi connectivity index (χ0) is 17.6. The van der Waals surface area contributed by atoms with Gasteiger partial charge in [-0.15, -0.1) is 0 Å². The van der Waals surface area contributed by atoms with Crippen molar-refractivity contribution in [2.45, 2.75) is 25.9 Å². The van der Waals surface area contributed by atoms with E-state index in [1.165, 1.54) is 17.2 Å². The third kappa shape index (κ3) is 2.64. The van der Waals surface area contributed by atoms with Crippen LogP contribution in [0.5, 0.6) is 0 Å². The highest BCUT2D eigenvalue weighted by Crippen LogP contribution is 2.41. The molecule has 3 aromatic carbocycles. The molecule has 126 valence electrons. The summed E-state index contributed by atoms with van der Waals surface area (Å²) in [5.41, 5.74) is 5.03. The van der Waals surface area contributed by atoms with Crippen LogP contribution in [-0.2, 0) is 12.6 Å². The normalized spacial score (nSPS) is 13.8. The second kappa shape index (κ2) is 5.76. The highest BCUT2D eigenvalue weighted by molar-refractivity contribution is 6.01. The summed E-state index contributed by atoms with van der Waals surface area (Å²) in [7, 11) is 0. The van der Waals surface area contributed by atoms with E-state index in [0.717, 1.165) is 29.5 Å². The predicted molar refractivity (Wildman–Crippen MR) is 96.4 cm³/mol. The molecule has 0 atom stereocenters. The molecule has 0 saturated heterocycles. The van der Waals surface area contributed by atoms with Crippen LogP contribution in [0.3, 0.4) is 0 Å². The largest absolute Gasteiger partial charge is 0.417 e. The van der Waals surface area contributed by atoms with Crippen LogP contribution in [0.1, 0.15) is 30.0 Å². The Kier molecular flexibility index (Phi) is 3.68. The van der Waals surface area contributed by atoms with E-state index in [1.54, 1.807) is 30.3 Å². The van der Waals surface area contributed by atoms with Crippen LogP contribution in [0, 0.1) is 0 Å². The van der Waals surface area contributed by atoms with Gasteiger partial charge in [-0.1, -0.05) is 67.1 Å². The van der Waals surface area contributed by atoms with Crippen LogP contribution in [0.15, 0.2) is 60.2 Å². The van der Waals surface area contributed by atoms with Crippen molar-refractivity contribution in [3.05, 3.63) is 76.9 Å². The number of rotatable bonds is 2. The fraction of sp³-hybridized carbons (Fsp3) is 0.182. The lowest BCUT2D eigenvalue weighted by Crippen LogP contribution is -2.06. The van der Waals surface area contributed by atoms with E-state index in [0.29, 0.717) is 5.39 Å². The number of hydrogen-bond acceptors (Lipinski definition) is 0. The molecule has 0 heterocycles. The minimum Gasteiger partial charge on any atom is -0.166 e. The maximum Gasteiger partial charge on any atom is 0.417 e. The maximum absolute atomic E-state index is 13.4. The van der Waals surface area contributed by atoms with E-state index in [9.17, 15) is 13.2 Å². The lowest BCUT2D eigenvalue weighted by atomic mass is 9.91. The van der Waals surface area contributed by atoms with Crippen LogP contribution in [0.4, 0.5) is 13.2 Å². The molecule has 4 rings (SSSR count). The van der Waals surface area contributed by atoms with E-state index in [4.69, 9.17) is 0 Å². The van der Waals surface area contributed by atoms with Gasteiger partial charge < -0.3 is 0 Å². The van der Waals surface area contributed by atoms with Crippen molar-refractivity contribution < 1.29 is 13.2 Å². The summed E-state index contributed by atoms with van der Waals surface area (Å²) in [6.45, 7) is 2.13. The molecule has 0 radical (unpaired) electrons. The van der Waals surface area contributed by atoms with Crippen LogP contribution in [-0.4, -0.2) is 0 Å². The Morgan fingerprint density at radius 3 is 2.32 bits per heavy atom. The minimum absolute atomic E-state index is 0.253. The Morgan fingerprint density at radius 2 is 1.60 bits per heavy atom. The molecule has 25 heavy (non-hydrogen) atoms. The molecular formula is C22H17F3. The van der Waals surface area contributed by atoms with E-state index in [-0.39, 0.29) is 5.39 Å². The molecule has 0 bridgehead atoms. The molecule has 0 aliphatic heterocycles. The Balaban J connectivity index is 2.00. The van der Waals surface area contributed by atoms with Gasteiger partial charge in [-0.25, -0.2) is 0 Å². The number of allylic oxidation sites excluding steroid dienone is 1. The fourth-order valence-electron chi connectivity index (χ4n) is 3.68. The first-order chi connectivity index (χ1) is 12.0. The van der Waals surface area contributed by atoms with Gasteiger partial charge in [-0.05, 0) is 51.9 Å². The predicted octanol–water partition coefficient (Wildman–Crippen LogP) is 6.88. The average molecular weight is 338 g/mol. The first kappa shape index (κ1) is 15.9. The number of fused-ring (bicyclic) bond motifs is 2. The lowest BCUT2D eigenvalue weighted by Gasteiger charge is -2.15. The Hall–Kier alpha value is -2.55. The van der Waals surface area contributed by atoms with Crippen molar-refractivity contribution in [2.24, 2.45) is 0 Å². The number of halogens is 3. The van der Waals surface area contributed by atoms with Gasteiger partial charge >= 0.3 is 6.18 Å². The van der Waals surface area contributed by atoms with Gasteiger partial charge in [0.05, 0.1) is 5.56 Å². The van der Waals surface area contributed by atoms with Crippen LogP contribution >= 0.6 is 0 Å². The second-order valence-electron chi connectivity index (χ2n) is 6.42. The van der Waals surface area contributed by atoms with Crippen molar-refractivity contribution in [3.63, 3.8) is 0 Å². The van der Waals surface area contributed by atoms with Crippen LogP contribution in [0.25, 0.3) is 28.0 Å². The van der Waals surface area contributed by atoms with Crippen molar-refractivity contribution in [1.82, 2.24) is 0 Å². The third-order valence-electron chi connectivity index (χ3n) is 4.94. The van der Waals surface area contributed by atoms with Crippen LogP contribution < -0.4 is 0 Å². The highest BCUT2D eigenvalue weighted by Gasteiger charge is 2.33. The van der Waals surface area contributed by atoms with Gasteiger partial charge in [0.15, 0.2) is 0 Å². The summed E-state index contributed by atoms with van der Waals surface area (Å²) >= 11 is 0. The maximum atomic E-state index is 13.4. The summed E-state index contributed by atoms with van der Waals surface area (Å²) in [4.78, 5) is 0. The molecule has 0 saturated carbocycles. The number of alkyl halides is 3. The molecule has 0 fully saturated rings.